The smallest absolute Gasteiger partial charge is 0.227 e. The molecule has 0 spiro atoms. The van der Waals surface area contributed by atoms with Crippen molar-refractivity contribution in [2.24, 2.45) is 0 Å². The summed E-state index contributed by atoms with van der Waals surface area (Å²) in [6.07, 6.45) is 5.43. The van der Waals surface area contributed by atoms with E-state index in [4.69, 9.17) is 11.6 Å². The zero-order valence-electron chi connectivity index (χ0n) is 14.7. The SMILES string of the molecule is O=C(Cc1ccc(N2CCCC2=O)cc1)NCc1cn2cc(Cl)ccc2n1. The molecule has 1 aliphatic heterocycles. The van der Waals surface area contributed by atoms with Gasteiger partial charge in [0.05, 0.1) is 23.7 Å². The van der Waals surface area contributed by atoms with Gasteiger partial charge in [-0.15, -0.1) is 0 Å². The summed E-state index contributed by atoms with van der Waals surface area (Å²) in [6, 6.07) is 11.2. The van der Waals surface area contributed by atoms with E-state index in [9.17, 15) is 9.59 Å². The van der Waals surface area contributed by atoms with Crippen molar-refractivity contribution in [3.63, 3.8) is 0 Å². The molecule has 0 radical (unpaired) electrons. The van der Waals surface area contributed by atoms with Crippen LogP contribution in [-0.4, -0.2) is 27.7 Å². The Bertz CT molecular complexity index is 997. The highest BCUT2D eigenvalue weighted by molar-refractivity contribution is 6.30. The van der Waals surface area contributed by atoms with E-state index >= 15 is 0 Å². The molecule has 1 fully saturated rings. The second-order valence-electron chi connectivity index (χ2n) is 6.61. The lowest BCUT2D eigenvalue weighted by molar-refractivity contribution is -0.120. The number of pyridine rings is 1. The summed E-state index contributed by atoms with van der Waals surface area (Å²) in [6.45, 7) is 1.13. The molecule has 0 atom stereocenters. The van der Waals surface area contributed by atoms with Gasteiger partial charge < -0.3 is 14.6 Å². The first kappa shape index (κ1) is 17.5. The molecule has 1 saturated heterocycles. The van der Waals surface area contributed by atoms with Gasteiger partial charge in [-0.25, -0.2) is 4.98 Å². The highest BCUT2D eigenvalue weighted by Gasteiger charge is 2.21. The number of amides is 2. The minimum atomic E-state index is -0.0740. The number of carbonyl (C=O) groups excluding carboxylic acids is 2. The number of benzene rings is 1. The normalized spacial score (nSPS) is 14.1. The first-order chi connectivity index (χ1) is 13.1. The van der Waals surface area contributed by atoms with Gasteiger partial charge in [-0.2, -0.15) is 0 Å². The van der Waals surface area contributed by atoms with E-state index < -0.39 is 0 Å². The van der Waals surface area contributed by atoms with Crippen molar-refractivity contribution in [3.05, 3.63) is 65.1 Å². The standard InChI is InChI=1S/C20H19ClN4O2/c21-15-5-8-18-23-16(13-24(18)12-15)11-22-19(26)10-14-3-6-17(7-4-14)25-9-1-2-20(25)27/h3-8,12-13H,1-2,9-11H2,(H,22,26). The largest absolute Gasteiger partial charge is 0.350 e. The fraction of sp³-hybridized carbons (Fsp3) is 0.250. The summed E-state index contributed by atoms with van der Waals surface area (Å²) in [5.41, 5.74) is 3.36. The van der Waals surface area contributed by atoms with Crippen LogP contribution in [0, 0.1) is 0 Å². The molecule has 0 unspecified atom stereocenters. The number of aromatic nitrogens is 2. The molecule has 2 amide bonds. The van der Waals surface area contributed by atoms with Crippen molar-refractivity contribution in [1.29, 1.82) is 0 Å². The van der Waals surface area contributed by atoms with Crippen LogP contribution in [0.5, 0.6) is 0 Å². The third-order valence-corrected chi connectivity index (χ3v) is 4.84. The number of carbonyl (C=O) groups is 2. The van der Waals surface area contributed by atoms with Crippen LogP contribution in [0.1, 0.15) is 24.1 Å². The monoisotopic (exact) mass is 382 g/mol. The van der Waals surface area contributed by atoms with Crippen LogP contribution in [0.25, 0.3) is 5.65 Å². The van der Waals surface area contributed by atoms with Gasteiger partial charge in [-0.1, -0.05) is 23.7 Å². The lowest BCUT2D eigenvalue weighted by atomic mass is 10.1. The third kappa shape index (κ3) is 3.95. The summed E-state index contributed by atoms with van der Waals surface area (Å²) < 4.78 is 1.84. The Balaban J connectivity index is 1.34. The number of fused-ring (bicyclic) bond motifs is 1. The summed E-state index contributed by atoms with van der Waals surface area (Å²) in [5.74, 6) is 0.0873. The molecule has 3 heterocycles. The molecule has 0 saturated carbocycles. The number of hydrogen-bond donors (Lipinski definition) is 1. The number of halogens is 1. The van der Waals surface area contributed by atoms with Crippen molar-refractivity contribution in [2.45, 2.75) is 25.8 Å². The first-order valence-electron chi connectivity index (χ1n) is 8.88. The van der Waals surface area contributed by atoms with E-state index in [1.807, 2.05) is 40.9 Å². The topological polar surface area (TPSA) is 66.7 Å². The molecular formula is C20H19ClN4O2. The number of hydrogen-bond acceptors (Lipinski definition) is 3. The van der Waals surface area contributed by atoms with Gasteiger partial charge in [-0.05, 0) is 36.2 Å². The van der Waals surface area contributed by atoms with Gasteiger partial charge in [0.15, 0.2) is 0 Å². The molecule has 7 heteroatoms. The maximum atomic E-state index is 12.2. The van der Waals surface area contributed by atoms with E-state index in [2.05, 4.69) is 10.3 Å². The van der Waals surface area contributed by atoms with Crippen LogP contribution in [0.15, 0.2) is 48.8 Å². The van der Waals surface area contributed by atoms with Crippen molar-refractivity contribution >= 4 is 34.7 Å². The average molecular weight is 383 g/mol. The van der Waals surface area contributed by atoms with Crippen LogP contribution in [-0.2, 0) is 22.6 Å². The molecule has 1 aliphatic rings. The molecule has 3 aromatic rings. The molecule has 2 aromatic heterocycles. The molecule has 27 heavy (non-hydrogen) atoms. The number of rotatable bonds is 5. The Morgan fingerprint density at radius 1 is 1.15 bits per heavy atom. The lowest BCUT2D eigenvalue weighted by Crippen LogP contribution is -2.25. The average Bonchev–Trinajstić information content (AvgIpc) is 3.26. The van der Waals surface area contributed by atoms with Gasteiger partial charge in [0.2, 0.25) is 11.8 Å². The molecular weight excluding hydrogens is 364 g/mol. The molecule has 0 aliphatic carbocycles. The number of anilines is 1. The Labute approximate surface area is 161 Å². The summed E-state index contributed by atoms with van der Waals surface area (Å²) in [5, 5.41) is 3.52. The molecule has 0 bridgehead atoms. The minimum Gasteiger partial charge on any atom is -0.350 e. The second-order valence-corrected chi connectivity index (χ2v) is 7.05. The van der Waals surface area contributed by atoms with Gasteiger partial charge in [0.25, 0.3) is 0 Å². The maximum absolute atomic E-state index is 12.2. The van der Waals surface area contributed by atoms with Crippen molar-refractivity contribution in [2.75, 3.05) is 11.4 Å². The first-order valence-corrected chi connectivity index (χ1v) is 9.25. The maximum Gasteiger partial charge on any atom is 0.227 e. The fourth-order valence-corrected chi connectivity index (χ4v) is 3.42. The lowest BCUT2D eigenvalue weighted by Gasteiger charge is -2.15. The van der Waals surface area contributed by atoms with Crippen LogP contribution >= 0.6 is 11.6 Å². The quantitative estimate of drug-likeness (QED) is 0.737. The highest BCUT2D eigenvalue weighted by Crippen LogP contribution is 2.21. The number of imidazole rings is 1. The van der Waals surface area contributed by atoms with Crippen molar-refractivity contribution in [3.8, 4) is 0 Å². The Morgan fingerprint density at radius 2 is 1.96 bits per heavy atom. The predicted molar refractivity (Wildman–Crippen MR) is 104 cm³/mol. The van der Waals surface area contributed by atoms with E-state index in [-0.39, 0.29) is 18.2 Å². The van der Waals surface area contributed by atoms with Crippen LogP contribution in [0.2, 0.25) is 5.02 Å². The van der Waals surface area contributed by atoms with Crippen LogP contribution in [0.4, 0.5) is 5.69 Å². The third-order valence-electron chi connectivity index (χ3n) is 4.62. The molecule has 138 valence electrons. The van der Waals surface area contributed by atoms with Gasteiger partial charge in [-0.3, -0.25) is 9.59 Å². The van der Waals surface area contributed by atoms with Crippen LogP contribution < -0.4 is 10.2 Å². The van der Waals surface area contributed by atoms with Crippen LogP contribution in [0.3, 0.4) is 0 Å². The Morgan fingerprint density at radius 3 is 2.70 bits per heavy atom. The minimum absolute atomic E-state index is 0.0740. The van der Waals surface area contributed by atoms with Gasteiger partial charge in [0.1, 0.15) is 5.65 Å². The van der Waals surface area contributed by atoms with Crippen molar-refractivity contribution in [1.82, 2.24) is 14.7 Å². The van der Waals surface area contributed by atoms with E-state index in [1.54, 1.807) is 17.2 Å². The molecule has 1 N–H and O–H groups in total. The Hall–Kier alpha value is -2.86. The molecule has 1 aromatic carbocycles. The highest BCUT2D eigenvalue weighted by atomic mass is 35.5. The number of nitrogens with one attached hydrogen (secondary N) is 1. The molecule has 4 rings (SSSR count). The second kappa shape index (κ2) is 7.40. The summed E-state index contributed by atoms with van der Waals surface area (Å²) in [7, 11) is 0. The predicted octanol–water partition coefficient (Wildman–Crippen LogP) is 2.97. The van der Waals surface area contributed by atoms with Gasteiger partial charge >= 0.3 is 0 Å². The van der Waals surface area contributed by atoms with Gasteiger partial charge in [0, 0.05) is 31.0 Å². The zero-order valence-corrected chi connectivity index (χ0v) is 15.4. The van der Waals surface area contributed by atoms with Crippen molar-refractivity contribution < 1.29 is 9.59 Å². The van der Waals surface area contributed by atoms with E-state index in [1.165, 1.54) is 0 Å². The van der Waals surface area contributed by atoms with E-state index in [0.717, 1.165) is 35.6 Å². The summed E-state index contributed by atoms with van der Waals surface area (Å²) >= 11 is 5.97. The molecule has 6 nitrogen and oxygen atoms in total. The number of nitrogens with zero attached hydrogens (tertiary/aromatic N) is 3. The zero-order chi connectivity index (χ0) is 18.8. The Kier molecular flexibility index (Phi) is 4.81. The summed E-state index contributed by atoms with van der Waals surface area (Å²) in [4.78, 5) is 30.2. The fourth-order valence-electron chi connectivity index (χ4n) is 3.25. The van der Waals surface area contributed by atoms with E-state index in [0.29, 0.717) is 18.0 Å².